The normalized spacial score (nSPS) is 10.8. The summed E-state index contributed by atoms with van der Waals surface area (Å²) in [4.78, 5) is 38.7. The topological polar surface area (TPSA) is 92.2 Å². The third-order valence-electron chi connectivity index (χ3n) is 5.31. The van der Waals surface area contributed by atoms with Crippen LogP contribution in [0.4, 0.5) is 11.4 Å². The van der Waals surface area contributed by atoms with Gasteiger partial charge in [-0.2, -0.15) is 0 Å². The number of benzene rings is 3. The standard InChI is InChI=1S/C25H19Br2ClN4O3/c1-13-4-3-5-14(2)22(13)30-23(33)21-11-15-10-16(26)7-9-20(15)32(21)31-25(35)24(34)29-19-8-6-17(27)12-18(19)28/h3-12H,1-2H3,(H,29,34)(H,30,33)(H,31,35). The Labute approximate surface area is 223 Å². The number of fused-ring (bicyclic) bond motifs is 1. The number of para-hydroxylation sites is 1. The quantitative estimate of drug-likeness (QED) is 0.231. The van der Waals surface area contributed by atoms with Crippen LogP contribution in [0.1, 0.15) is 21.6 Å². The van der Waals surface area contributed by atoms with Gasteiger partial charge in [-0.3, -0.25) is 19.8 Å². The van der Waals surface area contributed by atoms with Gasteiger partial charge < -0.3 is 10.6 Å². The third-order valence-corrected chi connectivity index (χ3v) is 6.61. The van der Waals surface area contributed by atoms with Gasteiger partial charge in [0.05, 0.1) is 16.2 Å². The van der Waals surface area contributed by atoms with E-state index in [-0.39, 0.29) is 16.4 Å². The van der Waals surface area contributed by atoms with Crippen LogP contribution in [0.3, 0.4) is 0 Å². The first-order valence-electron chi connectivity index (χ1n) is 10.4. The highest BCUT2D eigenvalue weighted by atomic mass is 79.9. The molecule has 0 unspecified atom stereocenters. The van der Waals surface area contributed by atoms with Crippen molar-refractivity contribution in [3.63, 3.8) is 0 Å². The van der Waals surface area contributed by atoms with E-state index in [4.69, 9.17) is 11.6 Å². The third kappa shape index (κ3) is 5.42. The van der Waals surface area contributed by atoms with Crippen molar-refractivity contribution < 1.29 is 14.4 Å². The maximum Gasteiger partial charge on any atom is 0.328 e. The minimum Gasteiger partial charge on any atom is -0.320 e. The summed E-state index contributed by atoms with van der Waals surface area (Å²) < 4.78 is 2.84. The molecule has 0 aliphatic carbocycles. The summed E-state index contributed by atoms with van der Waals surface area (Å²) in [5.74, 6) is -2.34. The number of aromatic nitrogens is 1. The maximum absolute atomic E-state index is 13.3. The molecule has 0 saturated heterocycles. The van der Waals surface area contributed by atoms with Crippen LogP contribution >= 0.6 is 43.5 Å². The molecule has 7 nitrogen and oxygen atoms in total. The highest BCUT2D eigenvalue weighted by Crippen LogP contribution is 2.27. The predicted octanol–water partition coefficient (Wildman–Crippen LogP) is 6.40. The lowest BCUT2D eigenvalue weighted by Gasteiger charge is -2.15. The minimum absolute atomic E-state index is 0.156. The van der Waals surface area contributed by atoms with E-state index in [1.54, 1.807) is 36.4 Å². The van der Waals surface area contributed by atoms with Crippen LogP contribution in [0, 0.1) is 13.8 Å². The zero-order chi connectivity index (χ0) is 25.3. The van der Waals surface area contributed by atoms with Crippen LogP contribution in [0.15, 0.2) is 69.6 Å². The molecule has 0 aliphatic rings. The van der Waals surface area contributed by atoms with E-state index >= 15 is 0 Å². The number of carbonyl (C=O) groups is 3. The summed E-state index contributed by atoms with van der Waals surface area (Å²) in [7, 11) is 0. The number of hydrogen-bond donors (Lipinski definition) is 3. The molecule has 1 heterocycles. The Balaban J connectivity index is 1.65. The molecule has 0 bridgehead atoms. The van der Waals surface area contributed by atoms with Crippen LogP contribution < -0.4 is 16.1 Å². The number of halogens is 3. The Kier molecular flexibility index (Phi) is 7.30. The average molecular weight is 619 g/mol. The van der Waals surface area contributed by atoms with E-state index < -0.39 is 17.7 Å². The van der Waals surface area contributed by atoms with Gasteiger partial charge in [-0.05, 0) is 67.4 Å². The number of hydrogen-bond acceptors (Lipinski definition) is 3. The molecule has 3 amide bonds. The Morgan fingerprint density at radius 1 is 0.829 bits per heavy atom. The van der Waals surface area contributed by atoms with Gasteiger partial charge in [0.2, 0.25) is 0 Å². The fraction of sp³-hybridized carbons (Fsp3) is 0.0800. The zero-order valence-electron chi connectivity index (χ0n) is 18.6. The Morgan fingerprint density at radius 2 is 1.49 bits per heavy atom. The number of aryl methyl sites for hydroxylation is 2. The lowest BCUT2D eigenvalue weighted by molar-refractivity contribution is -0.133. The molecule has 0 spiro atoms. The first-order valence-corrected chi connectivity index (χ1v) is 12.4. The van der Waals surface area contributed by atoms with Crippen molar-refractivity contribution in [1.29, 1.82) is 0 Å². The van der Waals surface area contributed by atoms with Crippen molar-refractivity contribution in [3.05, 3.63) is 91.5 Å². The molecular formula is C25H19Br2ClN4O3. The molecule has 3 N–H and O–H groups in total. The maximum atomic E-state index is 13.3. The fourth-order valence-corrected chi connectivity index (χ4v) is 4.68. The molecular weight excluding hydrogens is 600 g/mol. The smallest absolute Gasteiger partial charge is 0.320 e. The van der Waals surface area contributed by atoms with E-state index in [2.05, 4.69) is 47.9 Å². The van der Waals surface area contributed by atoms with Gasteiger partial charge in [-0.1, -0.05) is 61.7 Å². The van der Waals surface area contributed by atoms with Crippen molar-refractivity contribution >= 4 is 83.5 Å². The molecule has 178 valence electrons. The monoisotopic (exact) mass is 616 g/mol. The number of rotatable bonds is 4. The second kappa shape index (κ2) is 10.2. The van der Waals surface area contributed by atoms with Gasteiger partial charge in [-0.15, -0.1) is 0 Å². The average Bonchev–Trinajstić information content (AvgIpc) is 3.15. The zero-order valence-corrected chi connectivity index (χ0v) is 22.5. The van der Waals surface area contributed by atoms with E-state index in [0.717, 1.165) is 20.1 Å². The van der Waals surface area contributed by atoms with Crippen molar-refractivity contribution in [2.45, 2.75) is 13.8 Å². The molecule has 0 fully saturated rings. The highest BCUT2D eigenvalue weighted by molar-refractivity contribution is 9.10. The molecule has 4 aromatic rings. The summed E-state index contributed by atoms with van der Waals surface area (Å²) in [6, 6.07) is 17.5. The Morgan fingerprint density at radius 3 is 2.17 bits per heavy atom. The van der Waals surface area contributed by atoms with Crippen molar-refractivity contribution in [3.8, 4) is 0 Å². The van der Waals surface area contributed by atoms with Crippen LogP contribution in [-0.4, -0.2) is 22.4 Å². The second-order valence-corrected chi connectivity index (χ2v) is 10.0. The second-order valence-electron chi connectivity index (χ2n) is 7.81. The fourth-order valence-electron chi connectivity index (χ4n) is 3.59. The van der Waals surface area contributed by atoms with Gasteiger partial charge in [0.25, 0.3) is 5.91 Å². The van der Waals surface area contributed by atoms with Gasteiger partial charge in [-0.25, -0.2) is 4.68 Å². The van der Waals surface area contributed by atoms with Crippen LogP contribution in [0.25, 0.3) is 10.9 Å². The molecule has 0 atom stereocenters. The number of amides is 3. The number of anilines is 2. The molecule has 0 aliphatic heterocycles. The van der Waals surface area contributed by atoms with Gasteiger partial charge >= 0.3 is 11.8 Å². The number of carbonyl (C=O) groups excluding carboxylic acids is 3. The van der Waals surface area contributed by atoms with E-state index in [0.29, 0.717) is 16.6 Å². The Hall–Kier alpha value is -3.14. The molecule has 0 saturated carbocycles. The summed E-state index contributed by atoms with van der Waals surface area (Å²) in [6.45, 7) is 3.79. The largest absolute Gasteiger partial charge is 0.328 e. The molecule has 4 rings (SSSR count). The van der Waals surface area contributed by atoms with Crippen molar-refractivity contribution in [1.82, 2.24) is 4.68 Å². The highest BCUT2D eigenvalue weighted by Gasteiger charge is 2.22. The first-order chi connectivity index (χ1) is 16.6. The minimum atomic E-state index is -0.967. The number of nitrogens with one attached hydrogen (secondary N) is 3. The lowest BCUT2D eigenvalue weighted by Crippen LogP contribution is -2.36. The summed E-state index contributed by atoms with van der Waals surface area (Å²) in [5.41, 5.74) is 6.01. The summed E-state index contributed by atoms with van der Waals surface area (Å²) in [6.07, 6.45) is 0. The molecule has 3 aromatic carbocycles. The van der Waals surface area contributed by atoms with Gasteiger partial charge in [0, 0.05) is 20.0 Å². The van der Waals surface area contributed by atoms with Crippen LogP contribution in [0.2, 0.25) is 5.02 Å². The van der Waals surface area contributed by atoms with Crippen LogP contribution in [0.5, 0.6) is 0 Å². The summed E-state index contributed by atoms with van der Waals surface area (Å²) in [5, 5.41) is 6.37. The van der Waals surface area contributed by atoms with E-state index in [9.17, 15) is 14.4 Å². The van der Waals surface area contributed by atoms with Crippen molar-refractivity contribution in [2.24, 2.45) is 0 Å². The van der Waals surface area contributed by atoms with E-state index in [1.807, 2.05) is 38.1 Å². The molecule has 10 heteroatoms. The van der Waals surface area contributed by atoms with Gasteiger partial charge in [0.15, 0.2) is 0 Å². The molecule has 0 radical (unpaired) electrons. The lowest BCUT2D eigenvalue weighted by atomic mass is 10.1. The first kappa shape index (κ1) is 25.0. The SMILES string of the molecule is Cc1cccc(C)c1NC(=O)c1cc2cc(Br)ccc2n1NC(=O)C(=O)Nc1ccc(Br)cc1Cl. The van der Waals surface area contributed by atoms with Gasteiger partial charge in [0.1, 0.15) is 5.69 Å². The predicted molar refractivity (Wildman–Crippen MR) is 146 cm³/mol. The van der Waals surface area contributed by atoms with Crippen molar-refractivity contribution in [2.75, 3.05) is 16.1 Å². The molecule has 1 aromatic heterocycles. The van der Waals surface area contributed by atoms with Crippen LogP contribution in [-0.2, 0) is 9.59 Å². The van der Waals surface area contributed by atoms with E-state index in [1.165, 1.54) is 4.68 Å². The Bertz CT molecular complexity index is 1480. The summed E-state index contributed by atoms with van der Waals surface area (Å²) >= 11 is 12.9. The molecule has 35 heavy (non-hydrogen) atoms. The number of nitrogens with zero attached hydrogens (tertiary/aromatic N) is 1.